The lowest BCUT2D eigenvalue weighted by atomic mass is 9.87. The van der Waals surface area contributed by atoms with Gasteiger partial charge in [-0.3, -0.25) is 0 Å². The smallest absolute Gasteiger partial charge is 0.0648 e. The Kier molecular flexibility index (Phi) is 5.27. The lowest BCUT2D eigenvalue weighted by Crippen LogP contribution is -2.24. The molecule has 0 amide bonds. The molecule has 1 aromatic heterocycles. The molecule has 0 aliphatic heterocycles. The predicted molar refractivity (Wildman–Crippen MR) is 76.6 cm³/mol. The van der Waals surface area contributed by atoms with Crippen LogP contribution in [0.5, 0.6) is 0 Å². The van der Waals surface area contributed by atoms with Crippen molar-refractivity contribution in [2.45, 2.75) is 60.4 Å². The number of aromatic nitrogens is 2. The van der Waals surface area contributed by atoms with Crippen molar-refractivity contribution < 1.29 is 0 Å². The first-order valence-corrected chi connectivity index (χ1v) is 6.87. The standard InChI is InChI=1S/C15H27N3/c1-7-16-14(8-9-15(4,5)6)13-10-11(2)17-18-12(13)3/h10,14,16H,7-9H2,1-6H3. The molecule has 0 saturated heterocycles. The number of rotatable bonds is 5. The Morgan fingerprint density at radius 1 is 1.22 bits per heavy atom. The van der Waals surface area contributed by atoms with E-state index in [4.69, 9.17) is 0 Å². The Morgan fingerprint density at radius 3 is 2.44 bits per heavy atom. The average Bonchev–Trinajstić information content (AvgIpc) is 2.26. The van der Waals surface area contributed by atoms with Crippen LogP contribution in [0.2, 0.25) is 0 Å². The van der Waals surface area contributed by atoms with Gasteiger partial charge >= 0.3 is 0 Å². The molecule has 0 radical (unpaired) electrons. The van der Waals surface area contributed by atoms with E-state index in [0.717, 1.165) is 24.4 Å². The molecule has 0 aliphatic carbocycles. The van der Waals surface area contributed by atoms with Gasteiger partial charge in [-0.2, -0.15) is 10.2 Å². The fourth-order valence-electron chi connectivity index (χ4n) is 2.11. The molecule has 1 atom stereocenters. The third-order valence-electron chi connectivity index (χ3n) is 3.15. The molecule has 0 spiro atoms. The van der Waals surface area contributed by atoms with Gasteiger partial charge in [0.15, 0.2) is 0 Å². The van der Waals surface area contributed by atoms with Crippen LogP contribution in [0.1, 0.15) is 63.5 Å². The Hall–Kier alpha value is -0.960. The van der Waals surface area contributed by atoms with E-state index in [-0.39, 0.29) is 0 Å². The monoisotopic (exact) mass is 249 g/mol. The van der Waals surface area contributed by atoms with Crippen molar-refractivity contribution in [2.24, 2.45) is 5.41 Å². The summed E-state index contributed by atoms with van der Waals surface area (Å²) in [4.78, 5) is 0. The Labute approximate surface area is 111 Å². The number of aryl methyl sites for hydroxylation is 2. The van der Waals surface area contributed by atoms with Crippen molar-refractivity contribution in [3.05, 3.63) is 23.0 Å². The van der Waals surface area contributed by atoms with E-state index < -0.39 is 0 Å². The summed E-state index contributed by atoms with van der Waals surface area (Å²) >= 11 is 0. The van der Waals surface area contributed by atoms with Gasteiger partial charge in [-0.25, -0.2) is 0 Å². The summed E-state index contributed by atoms with van der Waals surface area (Å²) in [5.41, 5.74) is 3.71. The van der Waals surface area contributed by atoms with E-state index in [0.29, 0.717) is 11.5 Å². The minimum Gasteiger partial charge on any atom is -0.310 e. The molecule has 0 saturated carbocycles. The molecule has 102 valence electrons. The van der Waals surface area contributed by atoms with Crippen LogP contribution in [-0.2, 0) is 0 Å². The van der Waals surface area contributed by atoms with E-state index in [9.17, 15) is 0 Å². The second-order valence-electron chi connectivity index (χ2n) is 6.24. The van der Waals surface area contributed by atoms with Gasteiger partial charge in [-0.15, -0.1) is 0 Å². The molecule has 1 rings (SSSR count). The molecule has 0 fully saturated rings. The zero-order valence-electron chi connectivity index (χ0n) is 12.7. The third-order valence-corrected chi connectivity index (χ3v) is 3.15. The van der Waals surface area contributed by atoms with Gasteiger partial charge < -0.3 is 5.32 Å². The van der Waals surface area contributed by atoms with Crippen molar-refractivity contribution in [1.82, 2.24) is 15.5 Å². The van der Waals surface area contributed by atoms with Crippen molar-refractivity contribution in [1.29, 1.82) is 0 Å². The van der Waals surface area contributed by atoms with Crippen LogP contribution in [0.25, 0.3) is 0 Å². The van der Waals surface area contributed by atoms with Crippen LogP contribution in [0.15, 0.2) is 6.07 Å². The zero-order valence-corrected chi connectivity index (χ0v) is 12.7. The van der Waals surface area contributed by atoms with Crippen LogP contribution in [0.3, 0.4) is 0 Å². The number of hydrogen-bond acceptors (Lipinski definition) is 3. The third kappa shape index (κ3) is 4.73. The normalized spacial score (nSPS) is 13.7. The second-order valence-corrected chi connectivity index (χ2v) is 6.24. The summed E-state index contributed by atoms with van der Waals surface area (Å²) in [6.45, 7) is 14.1. The first-order chi connectivity index (χ1) is 8.33. The maximum absolute atomic E-state index is 4.24. The number of nitrogens with one attached hydrogen (secondary N) is 1. The Morgan fingerprint density at radius 2 is 1.89 bits per heavy atom. The molecule has 18 heavy (non-hydrogen) atoms. The average molecular weight is 249 g/mol. The minimum atomic E-state index is 0.372. The number of nitrogens with zero attached hydrogens (tertiary/aromatic N) is 2. The maximum atomic E-state index is 4.24. The van der Waals surface area contributed by atoms with Crippen molar-refractivity contribution >= 4 is 0 Å². The zero-order chi connectivity index (χ0) is 13.8. The molecule has 3 heteroatoms. The molecule has 1 aromatic rings. The van der Waals surface area contributed by atoms with E-state index in [1.165, 1.54) is 12.0 Å². The van der Waals surface area contributed by atoms with Gasteiger partial charge in [-0.1, -0.05) is 27.7 Å². The maximum Gasteiger partial charge on any atom is 0.0648 e. The summed E-state index contributed by atoms with van der Waals surface area (Å²) in [6.07, 6.45) is 2.34. The van der Waals surface area contributed by atoms with E-state index in [1.54, 1.807) is 0 Å². The van der Waals surface area contributed by atoms with E-state index >= 15 is 0 Å². The fraction of sp³-hybridized carbons (Fsp3) is 0.733. The summed E-state index contributed by atoms with van der Waals surface area (Å²) in [6, 6.07) is 2.56. The first-order valence-electron chi connectivity index (χ1n) is 6.87. The van der Waals surface area contributed by atoms with Crippen molar-refractivity contribution in [3.8, 4) is 0 Å². The van der Waals surface area contributed by atoms with Crippen LogP contribution >= 0.6 is 0 Å². The van der Waals surface area contributed by atoms with Crippen molar-refractivity contribution in [2.75, 3.05) is 6.54 Å². The van der Waals surface area contributed by atoms with Gasteiger partial charge in [0.1, 0.15) is 0 Å². The van der Waals surface area contributed by atoms with Crippen LogP contribution in [0, 0.1) is 19.3 Å². The highest BCUT2D eigenvalue weighted by Crippen LogP contribution is 2.28. The summed E-state index contributed by atoms with van der Waals surface area (Å²) in [7, 11) is 0. The van der Waals surface area contributed by atoms with Gasteiger partial charge in [0, 0.05) is 6.04 Å². The topological polar surface area (TPSA) is 37.8 Å². The highest BCUT2D eigenvalue weighted by molar-refractivity contribution is 5.23. The summed E-state index contributed by atoms with van der Waals surface area (Å²) in [5, 5.41) is 11.9. The molecule has 1 unspecified atom stereocenters. The minimum absolute atomic E-state index is 0.372. The van der Waals surface area contributed by atoms with Crippen LogP contribution < -0.4 is 5.32 Å². The first kappa shape index (κ1) is 15.1. The molecule has 0 aromatic carbocycles. The predicted octanol–water partition coefficient (Wildman–Crippen LogP) is 3.57. The molecule has 1 heterocycles. The number of hydrogen-bond donors (Lipinski definition) is 1. The molecule has 0 bridgehead atoms. The van der Waals surface area contributed by atoms with Crippen LogP contribution in [-0.4, -0.2) is 16.7 Å². The fourth-order valence-corrected chi connectivity index (χ4v) is 2.11. The Balaban J connectivity index is 2.86. The van der Waals surface area contributed by atoms with E-state index in [2.05, 4.69) is 49.3 Å². The highest BCUT2D eigenvalue weighted by Gasteiger charge is 2.18. The molecular weight excluding hydrogens is 222 g/mol. The summed E-state index contributed by atoms with van der Waals surface area (Å²) < 4.78 is 0. The van der Waals surface area contributed by atoms with Gasteiger partial charge in [0.2, 0.25) is 0 Å². The molecule has 1 N–H and O–H groups in total. The largest absolute Gasteiger partial charge is 0.310 e. The highest BCUT2D eigenvalue weighted by atomic mass is 15.1. The van der Waals surface area contributed by atoms with Gasteiger partial charge in [-0.05, 0) is 50.3 Å². The summed E-state index contributed by atoms with van der Waals surface area (Å²) in [5.74, 6) is 0. The van der Waals surface area contributed by atoms with Gasteiger partial charge in [0.05, 0.1) is 11.4 Å². The lowest BCUT2D eigenvalue weighted by Gasteiger charge is -2.25. The van der Waals surface area contributed by atoms with Gasteiger partial charge in [0.25, 0.3) is 0 Å². The molecule has 3 nitrogen and oxygen atoms in total. The second kappa shape index (κ2) is 6.28. The molecule has 0 aliphatic rings. The molecular formula is C15H27N3. The Bertz CT molecular complexity index is 380. The lowest BCUT2D eigenvalue weighted by molar-refractivity contribution is 0.333. The quantitative estimate of drug-likeness (QED) is 0.867. The SMILES string of the molecule is CCNC(CCC(C)(C)C)c1cc(C)nnc1C. The van der Waals surface area contributed by atoms with E-state index in [1.807, 2.05) is 13.8 Å². The van der Waals surface area contributed by atoms with Crippen LogP contribution in [0.4, 0.5) is 0 Å². The van der Waals surface area contributed by atoms with Crippen molar-refractivity contribution in [3.63, 3.8) is 0 Å².